The van der Waals surface area contributed by atoms with E-state index in [-0.39, 0.29) is 11.1 Å². The van der Waals surface area contributed by atoms with Crippen molar-refractivity contribution in [3.8, 4) is 5.75 Å². The van der Waals surface area contributed by atoms with Crippen molar-refractivity contribution in [2.45, 2.75) is 26.2 Å². The van der Waals surface area contributed by atoms with Crippen LogP contribution in [0.1, 0.15) is 35.0 Å². The number of hydrogen-bond acceptors (Lipinski definition) is 3. The zero-order valence-electron chi connectivity index (χ0n) is 13.3. The average Bonchev–Trinajstić information content (AvgIpc) is 2.55. The van der Waals surface area contributed by atoms with Crippen molar-refractivity contribution < 1.29 is 9.53 Å². The van der Waals surface area contributed by atoms with Gasteiger partial charge >= 0.3 is 0 Å². The van der Waals surface area contributed by atoms with Gasteiger partial charge in [0.15, 0.2) is 0 Å². The number of amides is 1. The number of benzene rings is 1. The highest BCUT2D eigenvalue weighted by Crippen LogP contribution is 2.25. The summed E-state index contributed by atoms with van der Waals surface area (Å²) in [6.45, 7) is 2.18. The van der Waals surface area contributed by atoms with Gasteiger partial charge in [0.05, 0.1) is 12.8 Å². The highest BCUT2D eigenvalue weighted by molar-refractivity contribution is 6.04. The second kappa shape index (κ2) is 6.28. The van der Waals surface area contributed by atoms with Gasteiger partial charge in [-0.15, -0.1) is 0 Å². The fourth-order valence-electron chi connectivity index (χ4n) is 2.99. The Morgan fingerprint density at radius 1 is 1.35 bits per heavy atom. The van der Waals surface area contributed by atoms with E-state index in [0.29, 0.717) is 17.4 Å². The van der Waals surface area contributed by atoms with Crippen LogP contribution in [0.4, 0.5) is 5.69 Å². The van der Waals surface area contributed by atoms with Crippen LogP contribution in [0.25, 0.3) is 0 Å². The highest BCUT2D eigenvalue weighted by Gasteiger charge is 2.20. The molecule has 1 amide bonds. The van der Waals surface area contributed by atoms with Gasteiger partial charge < -0.3 is 15.0 Å². The normalized spacial score (nSPS) is 16.5. The van der Waals surface area contributed by atoms with Crippen LogP contribution >= 0.6 is 0 Å². The summed E-state index contributed by atoms with van der Waals surface area (Å²) in [7, 11) is 1.54. The summed E-state index contributed by atoms with van der Waals surface area (Å²) in [5.74, 6) is 0.708. The molecule has 0 radical (unpaired) electrons. The van der Waals surface area contributed by atoms with Gasteiger partial charge in [-0.25, -0.2) is 0 Å². The lowest BCUT2D eigenvalue weighted by Crippen LogP contribution is -2.27. The number of carbonyl (C=O) groups is 1. The lowest BCUT2D eigenvalue weighted by molar-refractivity contribution is 0.102. The quantitative estimate of drug-likeness (QED) is 0.915. The van der Waals surface area contributed by atoms with Gasteiger partial charge in [-0.3, -0.25) is 9.59 Å². The number of H-pyrrole nitrogens is 1. The molecule has 2 aromatic rings. The summed E-state index contributed by atoms with van der Waals surface area (Å²) in [6.07, 6.45) is 2.82. The molecule has 1 atom stereocenters. The third-order valence-electron chi connectivity index (χ3n) is 4.27. The zero-order chi connectivity index (χ0) is 16.4. The lowest BCUT2D eigenvalue weighted by Gasteiger charge is -2.21. The van der Waals surface area contributed by atoms with E-state index in [1.807, 2.05) is 6.07 Å². The van der Waals surface area contributed by atoms with Crippen LogP contribution in [0.2, 0.25) is 0 Å². The molecular formula is C18H20N2O3. The number of methoxy groups -OCH3 is 1. The summed E-state index contributed by atoms with van der Waals surface area (Å²) in [5.41, 5.74) is 2.37. The molecule has 0 spiro atoms. The first-order valence-corrected chi connectivity index (χ1v) is 7.78. The Bertz CT molecular complexity index is 795. The Morgan fingerprint density at radius 3 is 2.91 bits per heavy atom. The van der Waals surface area contributed by atoms with Crippen LogP contribution in [-0.2, 0) is 12.8 Å². The molecule has 0 aliphatic heterocycles. The van der Waals surface area contributed by atoms with E-state index >= 15 is 0 Å². The predicted octanol–water partition coefficient (Wildman–Crippen LogP) is 2.76. The molecule has 5 heteroatoms. The molecule has 1 aliphatic rings. The summed E-state index contributed by atoms with van der Waals surface area (Å²) in [4.78, 5) is 27.6. The first-order chi connectivity index (χ1) is 11.1. The molecular weight excluding hydrogens is 292 g/mol. The molecule has 1 aliphatic carbocycles. The Balaban J connectivity index is 1.91. The number of fused-ring (bicyclic) bond motifs is 1. The zero-order valence-corrected chi connectivity index (χ0v) is 13.3. The van der Waals surface area contributed by atoms with E-state index in [4.69, 9.17) is 4.74 Å². The third-order valence-corrected chi connectivity index (χ3v) is 4.27. The number of pyridine rings is 1. The Labute approximate surface area is 134 Å². The minimum atomic E-state index is -0.420. The first-order valence-electron chi connectivity index (χ1n) is 7.78. The maximum absolute atomic E-state index is 12.5. The standard InChI is InChI=1S/C18H20N2O3/c1-11-7-8-14-12(9-11)10-13(17(21)19-14)18(22)20-15-5-3-4-6-16(15)23-2/h3-6,10-11H,7-9H2,1-2H3,(H,19,21)(H,20,22)/t11-/m1/s1. The molecule has 0 unspecified atom stereocenters. The molecule has 5 nitrogen and oxygen atoms in total. The smallest absolute Gasteiger partial charge is 0.261 e. The van der Waals surface area contributed by atoms with E-state index in [2.05, 4.69) is 17.2 Å². The average molecular weight is 312 g/mol. The summed E-state index contributed by atoms with van der Waals surface area (Å²) in [6, 6.07) is 8.85. The van der Waals surface area contributed by atoms with Crippen LogP contribution in [0.3, 0.4) is 0 Å². The first kappa shape index (κ1) is 15.3. The van der Waals surface area contributed by atoms with Crippen LogP contribution in [0.15, 0.2) is 35.1 Å². The van der Waals surface area contributed by atoms with Gasteiger partial charge in [0.1, 0.15) is 11.3 Å². The SMILES string of the molecule is COc1ccccc1NC(=O)c1cc2c([nH]c1=O)CC[C@@H](C)C2. The number of aromatic nitrogens is 1. The Morgan fingerprint density at radius 2 is 2.13 bits per heavy atom. The second-order valence-electron chi connectivity index (χ2n) is 6.02. The number of ether oxygens (including phenoxy) is 1. The molecule has 1 heterocycles. The molecule has 23 heavy (non-hydrogen) atoms. The number of aryl methyl sites for hydroxylation is 1. The van der Waals surface area contributed by atoms with Crippen molar-refractivity contribution >= 4 is 11.6 Å². The lowest BCUT2D eigenvalue weighted by atomic mass is 9.87. The number of nitrogens with one attached hydrogen (secondary N) is 2. The van der Waals surface area contributed by atoms with Crippen LogP contribution < -0.4 is 15.6 Å². The monoisotopic (exact) mass is 312 g/mol. The minimum Gasteiger partial charge on any atom is -0.495 e. The van der Waals surface area contributed by atoms with E-state index in [0.717, 1.165) is 30.5 Å². The molecule has 0 bridgehead atoms. The van der Waals surface area contributed by atoms with Gasteiger partial charge in [0.25, 0.3) is 11.5 Å². The molecule has 0 saturated heterocycles. The van der Waals surface area contributed by atoms with E-state index in [9.17, 15) is 9.59 Å². The predicted molar refractivity (Wildman–Crippen MR) is 89.2 cm³/mol. The number of para-hydroxylation sites is 2. The largest absolute Gasteiger partial charge is 0.495 e. The second-order valence-corrected chi connectivity index (χ2v) is 6.02. The summed E-state index contributed by atoms with van der Waals surface area (Å²) in [5, 5.41) is 2.75. The number of aromatic amines is 1. The molecule has 3 rings (SSSR count). The maximum atomic E-state index is 12.5. The maximum Gasteiger partial charge on any atom is 0.261 e. The molecule has 0 saturated carbocycles. The number of anilines is 1. The number of rotatable bonds is 3. The summed E-state index contributed by atoms with van der Waals surface area (Å²) < 4.78 is 5.22. The van der Waals surface area contributed by atoms with Crippen LogP contribution in [0.5, 0.6) is 5.75 Å². The van der Waals surface area contributed by atoms with Gasteiger partial charge in [-0.1, -0.05) is 19.1 Å². The van der Waals surface area contributed by atoms with Gasteiger partial charge in [-0.2, -0.15) is 0 Å². The molecule has 0 fully saturated rings. The van der Waals surface area contributed by atoms with Gasteiger partial charge in [0, 0.05) is 5.69 Å². The van der Waals surface area contributed by atoms with Crippen LogP contribution in [0, 0.1) is 5.92 Å². The molecule has 1 aromatic carbocycles. The molecule has 1 aromatic heterocycles. The summed E-state index contributed by atoms with van der Waals surface area (Å²) >= 11 is 0. The van der Waals surface area contributed by atoms with E-state index < -0.39 is 5.91 Å². The van der Waals surface area contributed by atoms with Crippen molar-refractivity contribution in [1.82, 2.24) is 4.98 Å². The third kappa shape index (κ3) is 3.13. The van der Waals surface area contributed by atoms with Crippen molar-refractivity contribution in [1.29, 1.82) is 0 Å². The van der Waals surface area contributed by atoms with Crippen molar-refractivity contribution in [3.05, 3.63) is 57.5 Å². The Hall–Kier alpha value is -2.56. The molecule has 120 valence electrons. The minimum absolute atomic E-state index is 0.142. The Kier molecular flexibility index (Phi) is 4.19. The van der Waals surface area contributed by atoms with E-state index in [1.54, 1.807) is 24.3 Å². The van der Waals surface area contributed by atoms with Crippen molar-refractivity contribution in [3.63, 3.8) is 0 Å². The fraction of sp³-hybridized carbons (Fsp3) is 0.333. The number of hydrogen-bond donors (Lipinski definition) is 2. The topological polar surface area (TPSA) is 71.2 Å². The van der Waals surface area contributed by atoms with Gasteiger partial charge in [-0.05, 0) is 48.9 Å². The fourth-order valence-corrected chi connectivity index (χ4v) is 2.99. The van der Waals surface area contributed by atoms with Crippen molar-refractivity contribution in [2.24, 2.45) is 5.92 Å². The van der Waals surface area contributed by atoms with E-state index in [1.165, 1.54) is 7.11 Å². The molecule has 2 N–H and O–H groups in total. The van der Waals surface area contributed by atoms with Crippen molar-refractivity contribution in [2.75, 3.05) is 12.4 Å². The highest BCUT2D eigenvalue weighted by atomic mass is 16.5. The number of carbonyl (C=O) groups excluding carboxylic acids is 1. The van der Waals surface area contributed by atoms with Crippen LogP contribution in [-0.4, -0.2) is 18.0 Å². The van der Waals surface area contributed by atoms with Gasteiger partial charge in [0.2, 0.25) is 0 Å².